The lowest BCUT2D eigenvalue weighted by atomic mass is 9.75. The minimum absolute atomic E-state index is 0.411. The van der Waals surface area contributed by atoms with Crippen molar-refractivity contribution in [2.45, 2.75) is 56.3 Å². The zero-order chi connectivity index (χ0) is 18.7. The Balaban J connectivity index is 2.32. The lowest BCUT2D eigenvalue weighted by molar-refractivity contribution is -0.0379. The summed E-state index contributed by atoms with van der Waals surface area (Å²) in [6.07, 6.45) is 0.274. The predicted octanol–water partition coefficient (Wildman–Crippen LogP) is 4.36. The molecule has 6 heteroatoms. The van der Waals surface area contributed by atoms with Gasteiger partial charge in [-0.3, -0.25) is 0 Å². The number of rotatable bonds is 6. The smallest absolute Gasteiger partial charge is 0.405 e. The Morgan fingerprint density at radius 3 is 2.32 bits per heavy atom. The van der Waals surface area contributed by atoms with Crippen molar-refractivity contribution in [2.75, 3.05) is 11.5 Å². The number of aliphatic hydroxyl groups is 1. The van der Waals surface area contributed by atoms with E-state index in [0.717, 1.165) is 23.5 Å². The first-order valence-corrected chi connectivity index (χ1v) is 10.6. The molecule has 1 atom stereocenters. The van der Waals surface area contributed by atoms with Crippen LogP contribution in [-0.4, -0.2) is 34.4 Å². The van der Waals surface area contributed by atoms with Gasteiger partial charge in [-0.25, -0.2) is 4.79 Å². The largest absolute Gasteiger partial charge is 0.444 e. The van der Waals surface area contributed by atoms with Crippen molar-refractivity contribution in [3.63, 3.8) is 0 Å². The molecule has 1 fully saturated rings. The second-order valence-corrected chi connectivity index (χ2v) is 10.8. The molecule has 0 aliphatic carbocycles. The van der Waals surface area contributed by atoms with Gasteiger partial charge in [-0.15, -0.1) is 23.5 Å². The van der Waals surface area contributed by atoms with Crippen LogP contribution in [0.2, 0.25) is 0 Å². The highest BCUT2D eigenvalue weighted by molar-refractivity contribution is 8.18. The molecule has 0 saturated carbocycles. The molecule has 1 aromatic rings. The summed E-state index contributed by atoms with van der Waals surface area (Å²) in [6, 6.07) is 10.2. The number of aliphatic hydroxyl groups excluding tert-OH is 1. The monoisotopic (exact) mass is 383 g/mol. The standard InChI is InChI=1S/C19H29NO3S2/c1-17(2,13-18(3,4)23-16(20)22)15(21)19(24-11-8-12-25-19)14-9-6-5-7-10-14/h5-7,9-10,15,21H,8,11-13H2,1-4H3,(H2,20,22). The van der Waals surface area contributed by atoms with Crippen molar-refractivity contribution in [3.05, 3.63) is 35.9 Å². The van der Waals surface area contributed by atoms with Gasteiger partial charge in [0.15, 0.2) is 0 Å². The first-order valence-electron chi connectivity index (χ1n) is 8.59. The first-order chi connectivity index (χ1) is 11.6. The van der Waals surface area contributed by atoms with E-state index in [9.17, 15) is 9.90 Å². The molecule has 140 valence electrons. The van der Waals surface area contributed by atoms with Crippen molar-refractivity contribution < 1.29 is 14.6 Å². The summed E-state index contributed by atoms with van der Waals surface area (Å²) < 4.78 is 4.85. The Morgan fingerprint density at radius 1 is 1.24 bits per heavy atom. The van der Waals surface area contributed by atoms with E-state index >= 15 is 0 Å². The van der Waals surface area contributed by atoms with E-state index in [1.165, 1.54) is 0 Å². The highest BCUT2D eigenvalue weighted by Gasteiger charge is 2.50. The maximum atomic E-state index is 11.5. The maximum absolute atomic E-state index is 11.5. The number of carbonyl (C=O) groups excluding carboxylic acids is 1. The van der Waals surface area contributed by atoms with Gasteiger partial charge in [-0.2, -0.15) is 0 Å². The van der Waals surface area contributed by atoms with Crippen molar-refractivity contribution in [1.82, 2.24) is 0 Å². The third-order valence-corrected chi connectivity index (χ3v) is 7.92. The fourth-order valence-electron chi connectivity index (χ4n) is 3.72. The van der Waals surface area contributed by atoms with Crippen LogP contribution in [0, 0.1) is 5.41 Å². The minimum Gasteiger partial charge on any atom is -0.444 e. The summed E-state index contributed by atoms with van der Waals surface area (Å²) in [5.41, 5.74) is 5.14. The van der Waals surface area contributed by atoms with Crippen LogP contribution in [-0.2, 0) is 8.82 Å². The van der Waals surface area contributed by atoms with E-state index in [1.54, 1.807) is 0 Å². The zero-order valence-corrected chi connectivity index (χ0v) is 17.1. The quantitative estimate of drug-likeness (QED) is 0.763. The van der Waals surface area contributed by atoms with E-state index in [0.29, 0.717) is 6.42 Å². The van der Waals surface area contributed by atoms with Crippen molar-refractivity contribution in [1.29, 1.82) is 0 Å². The van der Waals surface area contributed by atoms with Crippen LogP contribution in [0.3, 0.4) is 0 Å². The molecule has 3 N–H and O–H groups in total. The van der Waals surface area contributed by atoms with Gasteiger partial charge in [-0.1, -0.05) is 44.2 Å². The molecule has 1 unspecified atom stereocenters. The molecule has 1 aromatic carbocycles. The fourth-order valence-corrected chi connectivity index (χ4v) is 7.48. The number of amides is 1. The minimum atomic E-state index is -0.783. The average Bonchev–Trinajstić information content (AvgIpc) is 2.53. The normalized spacial score (nSPS) is 19.2. The summed E-state index contributed by atoms with van der Waals surface area (Å²) in [6.45, 7) is 7.74. The molecule has 1 saturated heterocycles. The van der Waals surface area contributed by atoms with Crippen LogP contribution in [0.1, 0.15) is 46.1 Å². The molecule has 0 bridgehead atoms. The third kappa shape index (κ3) is 4.86. The van der Waals surface area contributed by atoms with E-state index in [2.05, 4.69) is 12.1 Å². The zero-order valence-electron chi connectivity index (χ0n) is 15.5. The molecule has 0 spiro atoms. The molecular weight excluding hydrogens is 354 g/mol. The van der Waals surface area contributed by atoms with Gasteiger partial charge < -0.3 is 15.6 Å². The van der Waals surface area contributed by atoms with Crippen LogP contribution in [0.25, 0.3) is 0 Å². The third-order valence-electron chi connectivity index (χ3n) is 4.46. The van der Waals surface area contributed by atoms with E-state index in [4.69, 9.17) is 10.5 Å². The Bertz CT molecular complexity index is 584. The number of ether oxygens (including phenoxy) is 1. The summed E-state index contributed by atoms with van der Waals surface area (Å²) in [5.74, 6) is 2.05. The summed E-state index contributed by atoms with van der Waals surface area (Å²) in [5, 5.41) is 11.5. The number of benzene rings is 1. The topological polar surface area (TPSA) is 72.6 Å². The fraction of sp³-hybridized carbons (Fsp3) is 0.632. The molecule has 2 rings (SSSR count). The lowest BCUT2D eigenvalue weighted by Gasteiger charge is -2.48. The highest BCUT2D eigenvalue weighted by atomic mass is 32.2. The van der Waals surface area contributed by atoms with E-state index in [1.807, 2.05) is 69.4 Å². The molecule has 0 radical (unpaired) electrons. The second kappa shape index (κ2) is 7.80. The Kier molecular flexibility index (Phi) is 6.39. The Hall–Kier alpha value is -0.850. The van der Waals surface area contributed by atoms with Crippen LogP contribution >= 0.6 is 23.5 Å². The molecule has 1 amide bonds. The van der Waals surface area contributed by atoms with Crippen molar-refractivity contribution in [2.24, 2.45) is 11.1 Å². The van der Waals surface area contributed by atoms with Gasteiger partial charge in [0.05, 0.1) is 6.10 Å². The number of hydrogen-bond acceptors (Lipinski definition) is 5. The highest BCUT2D eigenvalue weighted by Crippen LogP contribution is 2.57. The van der Waals surface area contributed by atoms with Crippen molar-refractivity contribution in [3.8, 4) is 0 Å². The number of carbonyl (C=O) groups is 1. The van der Waals surface area contributed by atoms with Gasteiger partial charge in [0, 0.05) is 0 Å². The van der Waals surface area contributed by atoms with Gasteiger partial charge in [0.2, 0.25) is 0 Å². The SMILES string of the molecule is CC(C)(CC(C)(C)C(O)C1(c2ccccc2)SCCCS1)OC(N)=O. The average molecular weight is 384 g/mol. The van der Waals surface area contributed by atoms with Crippen LogP contribution < -0.4 is 5.73 Å². The number of hydrogen-bond donors (Lipinski definition) is 2. The molecule has 1 aliphatic heterocycles. The predicted molar refractivity (Wildman–Crippen MR) is 107 cm³/mol. The Labute approximate surface area is 159 Å². The van der Waals surface area contributed by atoms with Gasteiger partial charge >= 0.3 is 6.09 Å². The van der Waals surface area contributed by atoms with E-state index in [-0.39, 0.29) is 0 Å². The van der Waals surface area contributed by atoms with Gasteiger partial charge in [0.25, 0.3) is 0 Å². The molecule has 1 heterocycles. The van der Waals surface area contributed by atoms with E-state index < -0.39 is 27.3 Å². The summed E-state index contributed by atoms with van der Waals surface area (Å²) >= 11 is 3.64. The van der Waals surface area contributed by atoms with Crippen molar-refractivity contribution >= 4 is 29.6 Å². The first kappa shape index (κ1) is 20.5. The lowest BCUT2D eigenvalue weighted by Crippen LogP contribution is -2.49. The number of nitrogens with two attached hydrogens (primary N) is 1. The molecule has 0 aromatic heterocycles. The Morgan fingerprint density at radius 2 is 1.80 bits per heavy atom. The number of primary amides is 1. The number of thioether (sulfide) groups is 2. The molecule has 25 heavy (non-hydrogen) atoms. The van der Waals surface area contributed by atoms with Crippen LogP contribution in [0.5, 0.6) is 0 Å². The van der Waals surface area contributed by atoms with Gasteiger partial charge in [-0.05, 0) is 49.2 Å². The van der Waals surface area contributed by atoms with Crippen LogP contribution in [0.15, 0.2) is 30.3 Å². The molecular formula is C19H29NO3S2. The maximum Gasteiger partial charge on any atom is 0.405 e. The van der Waals surface area contributed by atoms with Crippen LogP contribution in [0.4, 0.5) is 4.79 Å². The second-order valence-electron chi connectivity index (χ2n) is 7.83. The van der Waals surface area contributed by atoms with Gasteiger partial charge in [0.1, 0.15) is 9.68 Å². The molecule has 1 aliphatic rings. The summed E-state index contributed by atoms with van der Waals surface area (Å²) in [7, 11) is 0. The molecule has 4 nitrogen and oxygen atoms in total. The summed E-state index contributed by atoms with van der Waals surface area (Å²) in [4.78, 5) is 11.2.